The van der Waals surface area contributed by atoms with Crippen molar-refractivity contribution in [3.63, 3.8) is 0 Å². The van der Waals surface area contributed by atoms with E-state index in [9.17, 15) is 17.6 Å². The van der Waals surface area contributed by atoms with E-state index in [0.717, 1.165) is 12.1 Å². The van der Waals surface area contributed by atoms with Gasteiger partial charge in [0.05, 0.1) is 0 Å². The van der Waals surface area contributed by atoms with Crippen LogP contribution in [0.5, 0.6) is 0 Å². The van der Waals surface area contributed by atoms with Crippen LogP contribution in [0.1, 0.15) is 6.92 Å². The summed E-state index contributed by atoms with van der Waals surface area (Å²) in [6, 6.07) is 9.27. The van der Waals surface area contributed by atoms with E-state index >= 15 is 0 Å². The Labute approximate surface area is 132 Å². The number of anilines is 2. The van der Waals surface area contributed by atoms with Crippen LogP contribution < -0.4 is 10.0 Å². The lowest BCUT2D eigenvalue weighted by Crippen LogP contribution is -2.14. The number of carbonyl (C=O) groups is 1. The fourth-order valence-corrected chi connectivity index (χ4v) is 3.01. The van der Waals surface area contributed by atoms with Gasteiger partial charge in [-0.3, -0.25) is 9.52 Å². The van der Waals surface area contributed by atoms with Gasteiger partial charge < -0.3 is 5.32 Å². The number of sulfonamides is 1. The standard InChI is InChI=1S/C14H12ClFN2O3S/c1-9(19)17-11-3-5-12(6-4-11)18-22(20,21)14-7-2-10(15)8-13(14)16/h2-8,18H,1H3,(H,17,19). The molecule has 8 heteroatoms. The molecule has 1 amide bonds. The van der Waals surface area contributed by atoms with Crippen molar-refractivity contribution in [2.45, 2.75) is 11.8 Å². The normalized spacial score (nSPS) is 11.0. The van der Waals surface area contributed by atoms with Crippen molar-refractivity contribution in [1.82, 2.24) is 0 Å². The van der Waals surface area contributed by atoms with Gasteiger partial charge in [0.25, 0.3) is 10.0 Å². The minimum atomic E-state index is -4.07. The molecule has 0 aliphatic carbocycles. The SMILES string of the molecule is CC(=O)Nc1ccc(NS(=O)(=O)c2ccc(Cl)cc2F)cc1. The molecule has 0 unspecified atom stereocenters. The molecule has 22 heavy (non-hydrogen) atoms. The van der Waals surface area contributed by atoms with E-state index in [1.165, 1.54) is 37.3 Å². The molecule has 2 aromatic carbocycles. The maximum absolute atomic E-state index is 13.7. The van der Waals surface area contributed by atoms with Crippen LogP contribution in [0.25, 0.3) is 0 Å². The summed E-state index contributed by atoms with van der Waals surface area (Å²) in [5.41, 5.74) is 0.761. The van der Waals surface area contributed by atoms with Crippen LogP contribution in [-0.4, -0.2) is 14.3 Å². The molecule has 0 spiro atoms. The zero-order valence-corrected chi connectivity index (χ0v) is 13.0. The summed E-state index contributed by atoms with van der Waals surface area (Å²) < 4.78 is 40.2. The number of amides is 1. The van der Waals surface area contributed by atoms with Crippen LogP contribution in [0.3, 0.4) is 0 Å². The summed E-state index contributed by atoms with van der Waals surface area (Å²) >= 11 is 5.60. The van der Waals surface area contributed by atoms with E-state index in [4.69, 9.17) is 11.6 Å². The third-order valence-corrected chi connectivity index (χ3v) is 4.29. The molecule has 0 fully saturated rings. The molecule has 0 radical (unpaired) electrons. The van der Waals surface area contributed by atoms with Crippen LogP contribution in [-0.2, 0) is 14.8 Å². The second-order valence-corrected chi connectivity index (χ2v) is 6.53. The molecule has 2 N–H and O–H groups in total. The van der Waals surface area contributed by atoms with Gasteiger partial charge in [-0.2, -0.15) is 0 Å². The van der Waals surface area contributed by atoms with Gasteiger partial charge >= 0.3 is 0 Å². The number of nitrogens with one attached hydrogen (secondary N) is 2. The maximum atomic E-state index is 13.7. The average molecular weight is 343 g/mol. The van der Waals surface area contributed by atoms with Crippen molar-refractivity contribution in [2.75, 3.05) is 10.0 Å². The molecule has 0 bridgehead atoms. The van der Waals surface area contributed by atoms with Gasteiger partial charge in [-0.05, 0) is 42.5 Å². The van der Waals surface area contributed by atoms with Crippen molar-refractivity contribution in [2.24, 2.45) is 0 Å². The van der Waals surface area contributed by atoms with Crippen LogP contribution in [0.4, 0.5) is 15.8 Å². The first-order chi connectivity index (χ1) is 10.3. The Morgan fingerprint density at radius 2 is 1.68 bits per heavy atom. The van der Waals surface area contributed by atoms with Crippen molar-refractivity contribution >= 4 is 38.9 Å². The Bertz CT molecular complexity index is 807. The van der Waals surface area contributed by atoms with Gasteiger partial charge in [0.15, 0.2) is 0 Å². The second-order valence-electron chi connectivity index (χ2n) is 4.44. The molecule has 2 aromatic rings. The molecule has 2 rings (SSSR count). The highest BCUT2D eigenvalue weighted by molar-refractivity contribution is 7.92. The predicted octanol–water partition coefficient (Wildman–Crippen LogP) is 3.24. The molecule has 0 saturated heterocycles. The summed E-state index contributed by atoms with van der Waals surface area (Å²) in [4.78, 5) is 10.4. The first-order valence-electron chi connectivity index (χ1n) is 6.13. The van der Waals surface area contributed by atoms with Gasteiger partial charge in [-0.25, -0.2) is 12.8 Å². The topological polar surface area (TPSA) is 75.3 Å². The van der Waals surface area contributed by atoms with E-state index in [0.29, 0.717) is 5.69 Å². The molecule has 0 aliphatic rings. The Kier molecular flexibility index (Phi) is 4.68. The Hall–Kier alpha value is -2.12. The molecule has 5 nitrogen and oxygen atoms in total. The maximum Gasteiger partial charge on any atom is 0.264 e. The number of hydrogen-bond acceptors (Lipinski definition) is 3. The lowest BCUT2D eigenvalue weighted by Gasteiger charge is -2.10. The minimum absolute atomic E-state index is 0.108. The number of benzene rings is 2. The predicted molar refractivity (Wildman–Crippen MR) is 83.0 cm³/mol. The fraction of sp³-hybridized carbons (Fsp3) is 0.0714. The van der Waals surface area contributed by atoms with Gasteiger partial charge in [-0.15, -0.1) is 0 Å². The van der Waals surface area contributed by atoms with Gasteiger partial charge in [-0.1, -0.05) is 11.6 Å². The Morgan fingerprint density at radius 1 is 1.09 bits per heavy atom. The van der Waals surface area contributed by atoms with Crippen LogP contribution in [0.2, 0.25) is 5.02 Å². The van der Waals surface area contributed by atoms with E-state index in [2.05, 4.69) is 10.0 Å². The molecule has 0 saturated carbocycles. The molecule has 116 valence electrons. The Morgan fingerprint density at radius 3 is 2.23 bits per heavy atom. The fourth-order valence-electron chi connectivity index (χ4n) is 1.73. The van der Waals surface area contributed by atoms with E-state index in [1.54, 1.807) is 0 Å². The summed E-state index contributed by atoms with van der Waals surface area (Å²) in [7, 11) is -4.07. The minimum Gasteiger partial charge on any atom is -0.326 e. The monoisotopic (exact) mass is 342 g/mol. The highest BCUT2D eigenvalue weighted by Gasteiger charge is 2.19. The lowest BCUT2D eigenvalue weighted by molar-refractivity contribution is -0.114. The summed E-state index contributed by atoms with van der Waals surface area (Å²) in [6.45, 7) is 1.36. The van der Waals surface area contributed by atoms with E-state index in [1.807, 2.05) is 0 Å². The van der Waals surface area contributed by atoms with Crippen molar-refractivity contribution in [1.29, 1.82) is 0 Å². The quantitative estimate of drug-likeness (QED) is 0.895. The lowest BCUT2D eigenvalue weighted by atomic mass is 10.3. The zero-order valence-electron chi connectivity index (χ0n) is 11.4. The first kappa shape index (κ1) is 16.3. The molecular formula is C14H12ClFN2O3S. The number of hydrogen-bond donors (Lipinski definition) is 2. The van der Waals surface area contributed by atoms with E-state index < -0.39 is 20.7 Å². The van der Waals surface area contributed by atoms with Crippen LogP contribution in [0, 0.1) is 5.82 Å². The third-order valence-electron chi connectivity index (χ3n) is 2.64. The van der Waals surface area contributed by atoms with Crippen molar-refractivity contribution < 1.29 is 17.6 Å². The smallest absolute Gasteiger partial charge is 0.264 e. The number of carbonyl (C=O) groups excluding carboxylic acids is 1. The van der Waals surface area contributed by atoms with E-state index in [-0.39, 0.29) is 16.6 Å². The molecule has 0 heterocycles. The zero-order chi connectivity index (χ0) is 16.3. The second kappa shape index (κ2) is 6.33. The Balaban J connectivity index is 2.23. The number of halogens is 2. The summed E-state index contributed by atoms with van der Waals surface area (Å²) in [5.74, 6) is -1.17. The van der Waals surface area contributed by atoms with Crippen LogP contribution in [0.15, 0.2) is 47.4 Å². The first-order valence-corrected chi connectivity index (χ1v) is 7.99. The highest BCUT2D eigenvalue weighted by Crippen LogP contribution is 2.22. The molecule has 0 aliphatic heterocycles. The summed E-state index contributed by atoms with van der Waals surface area (Å²) in [5, 5.41) is 2.66. The van der Waals surface area contributed by atoms with Crippen LogP contribution >= 0.6 is 11.6 Å². The number of rotatable bonds is 4. The van der Waals surface area contributed by atoms with Crippen molar-refractivity contribution in [3.8, 4) is 0 Å². The summed E-state index contributed by atoms with van der Waals surface area (Å²) in [6.07, 6.45) is 0. The molecule has 0 atom stereocenters. The van der Waals surface area contributed by atoms with Gasteiger partial charge in [0.1, 0.15) is 10.7 Å². The average Bonchev–Trinajstić information content (AvgIpc) is 2.39. The highest BCUT2D eigenvalue weighted by atomic mass is 35.5. The largest absolute Gasteiger partial charge is 0.326 e. The van der Waals surface area contributed by atoms with Crippen molar-refractivity contribution in [3.05, 3.63) is 53.3 Å². The molecular weight excluding hydrogens is 331 g/mol. The third kappa shape index (κ3) is 3.96. The molecule has 0 aromatic heterocycles. The van der Waals surface area contributed by atoms with Gasteiger partial charge in [0.2, 0.25) is 5.91 Å². The van der Waals surface area contributed by atoms with Gasteiger partial charge in [0, 0.05) is 23.3 Å².